The summed E-state index contributed by atoms with van der Waals surface area (Å²) in [6.07, 6.45) is 0. The van der Waals surface area contributed by atoms with Gasteiger partial charge in [0.2, 0.25) is 16.6 Å². The lowest BCUT2D eigenvalue weighted by atomic mass is 10.1. The number of hydrogen-bond acceptors (Lipinski definition) is 1. The van der Waals surface area contributed by atoms with Crippen LogP contribution in [0.15, 0.2) is 60.7 Å². The number of hydrogen-bond donors (Lipinski definition) is 0. The van der Waals surface area contributed by atoms with Crippen LogP contribution in [0.25, 0.3) is 10.4 Å². The first-order valence-electron chi connectivity index (χ1n) is 7.48. The molecule has 0 aliphatic carbocycles. The maximum absolute atomic E-state index is 6.67. The quantitative estimate of drug-likeness (QED) is 0.700. The van der Waals surface area contributed by atoms with E-state index in [1.807, 2.05) is 0 Å². The normalized spacial score (nSPS) is 19.8. The molecular formula is C18H22OSi2. The summed E-state index contributed by atoms with van der Waals surface area (Å²) in [5, 5.41) is 2.98. The first kappa shape index (κ1) is 14.5. The Morgan fingerprint density at radius 3 is 1.24 bits per heavy atom. The Kier molecular flexibility index (Phi) is 3.52. The molecule has 108 valence electrons. The Morgan fingerprint density at radius 2 is 0.905 bits per heavy atom. The fourth-order valence-corrected chi connectivity index (χ4v) is 14.5. The van der Waals surface area contributed by atoms with Crippen LogP contribution >= 0.6 is 0 Å². The molecule has 2 aromatic rings. The van der Waals surface area contributed by atoms with Crippen molar-refractivity contribution in [2.75, 3.05) is 0 Å². The van der Waals surface area contributed by atoms with Gasteiger partial charge in [0, 0.05) is 0 Å². The zero-order valence-corrected chi connectivity index (χ0v) is 15.2. The minimum atomic E-state index is -1.85. The van der Waals surface area contributed by atoms with Gasteiger partial charge in [0.15, 0.2) is 0 Å². The molecule has 3 rings (SSSR count). The van der Waals surface area contributed by atoms with Crippen LogP contribution in [0.5, 0.6) is 0 Å². The lowest BCUT2D eigenvalue weighted by molar-refractivity contribution is 0.583. The number of benzene rings is 2. The van der Waals surface area contributed by atoms with Crippen molar-refractivity contribution in [3.05, 3.63) is 71.8 Å². The van der Waals surface area contributed by atoms with Crippen molar-refractivity contribution in [3.8, 4) is 0 Å². The molecular weight excluding hydrogens is 288 g/mol. The van der Waals surface area contributed by atoms with E-state index in [4.69, 9.17) is 4.12 Å². The average molecular weight is 311 g/mol. The summed E-state index contributed by atoms with van der Waals surface area (Å²) in [7, 11) is -3.70. The topological polar surface area (TPSA) is 9.23 Å². The summed E-state index contributed by atoms with van der Waals surface area (Å²) in [5.74, 6) is 0. The van der Waals surface area contributed by atoms with Gasteiger partial charge in [0.05, 0.1) is 0 Å². The third-order valence-corrected chi connectivity index (χ3v) is 11.9. The van der Waals surface area contributed by atoms with Crippen LogP contribution in [-0.4, -0.2) is 16.6 Å². The summed E-state index contributed by atoms with van der Waals surface area (Å²) in [4.78, 5) is 0. The molecule has 0 saturated heterocycles. The Hall–Kier alpha value is -1.43. The third kappa shape index (κ3) is 2.57. The Labute approximate surface area is 129 Å². The molecule has 0 N–H and O–H groups in total. The molecule has 0 atom stereocenters. The van der Waals surface area contributed by atoms with Crippen molar-refractivity contribution < 1.29 is 4.12 Å². The van der Waals surface area contributed by atoms with Crippen LogP contribution in [0.1, 0.15) is 11.1 Å². The van der Waals surface area contributed by atoms with Gasteiger partial charge < -0.3 is 4.12 Å². The lowest BCUT2D eigenvalue weighted by Gasteiger charge is -2.25. The molecule has 2 aromatic carbocycles. The second-order valence-corrected chi connectivity index (χ2v) is 14.5. The average Bonchev–Trinajstić information content (AvgIpc) is 2.64. The van der Waals surface area contributed by atoms with Crippen LogP contribution in [0.4, 0.5) is 0 Å². The summed E-state index contributed by atoms with van der Waals surface area (Å²) >= 11 is 0. The minimum absolute atomic E-state index is 1.34. The van der Waals surface area contributed by atoms with Crippen LogP contribution in [0.2, 0.25) is 26.2 Å². The molecule has 1 heterocycles. The monoisotopic (exact) mass is 310 g/mol. The molecule has 3 heteroatoms. The molecule has 21 heavy (non-hydrogen) atoms. The maximum Gasteiger partial charge on any atom is 0.206 e. The molecule has 0 radical (unpaired) electrons. The van der Waals surface area contributed by atoms with Gasteiger partial charge in [-0.05, 0) is 47.7 Å². The molecule has 0 bridgehead atoms. The molecule has 0 fully saturated rings. The molecule has 1 nitrogen and oxygen atoms in total. The first-order valence-corrected chi connectivity index (χ1v) is 13.3. The molecule has 1 aliphatic rings. The fourth-order valence-electron chi connectivity index (χ4n) is 3.54. The Bertz CT molecular complexity index is 613. The van der Waals surface area contributed by atoms with Crippen LogP contribution < -0.4 is 0 Å². The first-order chi connectivity index (χ1) is 9.92. The predicted molar refractivity (Wildman–Crippen MR) is 95.7 cm³/mol. The molecule has 0 aromatic heterocycles. The Balaban J connectivity index is 2.30. The second-order valence-electron chi connectivity index (χ2n) is 6.60. The van der Waals surface area contributed by atoms with Crippen molar-refractivity contribution in [1.29, 1.82) is 0 Å². The molecule has 0 spiro atoms. The minimum Gasteiger partial charge on any atom is -0.449 e. The van der Waals surface area contributed by atoms with Crippen molar-refractivity contribution in [1.82, 2.24) is 0 Å². The van der Waals surface area contributed by atoms with E-state index in [9.17, 15) is 0 Å². The van der Waals surface area contributed by atoms with Crippen LogP contribution in [0, 0.1) is 0 Å². The largest absolute Gasteiger partial charge is 0.449 e. The van der Waals surface area contributed by atoms with E-state index in [1.165, 1.54) is 21.5 Å². The standard InChI is InChI=1S/C18H22OSi2/c1-20(2)17(15-11-7-5-8-12-15)18(21(3,4)19-20)16-13-9-6-10-14-16/h5-14H,1-4H3. The third-order valence-electron chi connectivity index (χ3n) is 4.09. The van der Waals surface area contributed by atoms with Crippen molar-refractivity contribution in [2.45, 2.75) is 26.2 Å². The van der Waals surface area contributed by atoms with Gasteiger partial charge in [0.1, 0.15) is 0 Å². The summed E-state index contributed by atoms with van der Waals surface area (Å²) in [6, 6.07) is 21.6. The highest BCUT2D eigenvalue weighted by Gasteiger charge is 2.48. The van der Waals surface area contributed by atoms with Gasteiger partial charge in [-0.15, -0.1) is 0 Å². The van der Waals surface area contributed by atoms with Gasteiger partial charge in [-0.2, -0.15) is 0 Å². The van der Waals surface area contributed by atoms with Gasteiger partial charge in [-0.25, -0.2) is 0 Å². The Morgan fingerprint density at radius 1 is 0.571 bits per heavy atom. The van der Waals surface area contributed by atoms with Crippen molar-refractivity contribution in [2.24, 2.45) is 0 Å². The van der Waals surface area contributed by atoms with Crippen LogP contribution in [0.3, 0.4) is 0 Å². The van der Waals surface area contributed by atoms with Gasteiger partial charge in [0.25, 0.3) is 0 Å². The van der Waals surface area contributed by atoms with E-state index in [0.717, 1.165) is 0 Å². The fraction of sp³-hybridized carbons (Fsp3) is 0.222. The van der Waals surface area contributed by atoms with E-state index in [0.29, 0.717) is 0 Å². The lowest BCUT2D eigenvalue weighted by Crippen LogP contribution is -2.37. The SMILES string of the molecule is C[Si]1(C)O[Si](C)(C)C(c2ccccc2)=C1c1ccccc1. The zero-order valence-electron chi connectivity index (χ0n) is 13.2. The highest BCUT2D eigenvalue weighted by molar-refractivity contribution is 7.11. The number of rotatable bonds is 2. The van der Waals surface area contributed by atoms with E-state index in [2.05, 4.69) is 86.9 Å². The van der Waals surface area contributed by atoms with Crippen LogP contribution in [-0.2, 0) is 4.12 Å². The summed E-state index contributed by atoms with van der Waals surface area (Å²) in [5.41, 5.74) is 2.68. The second kappa shape index (κ2) is 5.09. The van der Waals surface area contributed by atoms with E-state index < -0.39 is 16.6 Å². The van der Waals surface area contributed by atoms with E-state index >= 15 is 0 Å². The smallest absolute Gasteiger partial charge is 0.206 e. The summed E-state index contributed by atoms with van der Waals surface area (Å²) < 4.78 is 6.67. The zero-order chi connectivity index (χ0) is 15.1. The predicted octanol–water partition coefficient (Wildman–Crippen LogP) is 5.12. The van der Waals surface area contributed by atoms with Crippen molar-refractivity contribution >= 4 is 27.0 Å². The molecule has 0 unspecified atom stereocenters. The maximum atomic E-state index is 6.67. The summed E-state index contributed by atoms with van der Waals surface area (Å²) in [6.45, 7) is 9.33. The van der Waals surface area contributed by atoms with Gasteiger partial charge in [-0.1, -0.05) is 60.7 Å². The van der Waals surface area contributed by atoms with Gasteiger partial charge >= 0.3 is 0 Å². The van der Waals surface area contributed by atoms with E-state index in [-0.39, 0.29) is 0 Å². The highest BCUT2D eigenvalue weighted by Crippen LogP contribution is 2.47. The molecule has 1 aliphatic heterocycles. The molecule has 0 amide bonds. The molecule has 0 saturated carbocycles. The van der Waals surface area contributed by atoms with E-state index in [1.54, 1.807) is 0 Å². The highest BCUT2D eigenvalue weighted by atomic mass is 28.4. The van der Waals surface area contributed by atoms with Crippen molar-refractivity contribution in [3.63, 3.8) is 0 Å². The van der Waals surface area contributed by atoms with Gasteiger partial charge in [-0.3, -0.25) is 0 Å².